The highest BCUT2D eigenvalue weighted by atomic mass is 19.4. The molecular formula is C66H31F24N5. The highest BCUT2D eigenvalue weighted by molar-refractivity contribution is 6.11. The van der Waals surface area contributed by atoms with Gasteiger partial charge in [0, 0.05) is 38.6 Å². The number of alkyl halides is 24. The van der Waals surface area contributed by atoms with Crippen LogP contribution < -0.4 is 0 Å². The second kappa shape index (κ2) is 20.8. The minimum atomic E-state index is -5.46. The van der Waals surface area contributed by atoms with Gasteiger partial charge in [-0.2, -0.15) is 116 Å². The predicted octanol–water partition coefficient (Wildman–Crippen LogP) is 21.7. The molecule has 13 rings (SSSR count). The van der Waals surface area contributed by atoms with Crippen molar-refractivity contribution in [1.82, 2.24) is 13.7 Å². The number of nitrogens with zero attached hydrogens (tertiary/aromatic N) is 5. The fourth-order valence-electron chi connectivity index (χ4n) is 13.5. The molecule has 5 nitrogen and oxygen atoms in total. The fourth-order valence-corrected chi connectivity index (χ4v) is 13.5. The molecule has 7 aromatic carbocycles. The van der Waals surface area contributed by atoms with E-state index >= 15 is 79.0 Å². The summed E-state index contributed by atoms with van der Waals surface area (Å²) < 4.78 is 366. The van der Waals surface area contributed by atoms with Crippen molar-refractivity contribution in [1.29, 1.82) is 10.5 Å². The number of fused-ring (bicyclic) bond motifs is 12. The number of halogens is 24. The molecule has 3 aliphatic carbocycles. The van der Waals surface area contributed by atoms with Gasteiger partial charge in [-0.25, -0.2) is 0 Å². The molecule has 0 bridgehead atoms. The number of benzene rings is 7. The van der Waals surface area contributed by atoms with Gasteiger partial charge in [0.25, 0.3) is 0 Å². The normalized spacial score (nSPS) is 15.1. The zero-order chi connectivity index (χ0) is 68.7. The third-order valence-electron chi connectivity index (χ3n) is 17.6. The van der Waals surface area contributed by atoms with E-state index in [1.54, 1.807) is 12.1 Å². The van der Waals surface area contributed by atoms with Gasteiger partial charge in [-0.3, -0.25) is 0 Å². The van der Waals surface area contributed by atoms with Crippen molar-refractivity contribution in [2.45, 2.75) is 87.4 Å². The van der Waals surface area contributed by atoms with Crippen LogP contribution in [-0.2, 0) is 56.3 Å². The average molecular weight is 1350 g/mol. The lowest BCUT2D eigenvalue weighted by atomic mass is 9.83. The average Bonchev–Trinajstić information content (AvgIpc) is 1.59. The molecule has 3 aromatic heterocycles. The number of rotatable bonds is 5. The molecule has 95 heavy (non-hydrogen) atoms. The lowest BCUT2D eigenvalue weighted by molar-refractivity contribution is -0.138. The predicted molar refractivity (Wildman–Crippen MR) is 296 cm³/mol. The second-order valence-electron chi connectivity index (χ2n) is 22.8. The van der Waals surface area contributed by atoms with Gasteiger partial charge in [0.15, 0.2) is 0 Å². The Morgan fingerprint density at radius 1 is 0.337 bits per heavy atom. The summed E-state index contributed by atoms with van der Waals surface area (Å²) >= 11 is 0. The fraction of sp³-hybridized carbons (Fsp3) is 0.212. The van der Waals surface area contributed by atoms with Crippen LogP contribution in [0.3, 0.4) is 0 Å². The standard InChI is InChI=1S/C66H31F24N5/c67-59(68,69)28-1-9-36-37-10-2-29(60(70,71)72)18-45(37)46(44(36)17-28)25-47-48(26-91)56(93-50-19-30(61(73,74)75)3-11-38(50)39-12-4-31(20-51(39)93)62(76,77)78)58(95-54-23-34(65(85,86)87)7-15-42(54)43-16-8-35(24-55(43)95)66(88,89)90)57(49(47)27-92)94-52-21-32(63(79,80)81)5-13-40(52)41-14-6-33(22-53(41)94)64(82,83)84/h1-3,5,7-11,13,15-24,46H,4,6,12,14,25H2. The van der Waals surface area contributed by atoms with Crippen LogP contribution in [-0.4, -0.2) is 26.1 Å². The molecule has 0 aliphatic heterocycles. The van der Waals surface area contributed by atoms with E-state index < -0.39 is 232 Å². The van der Waals surface area contributed by atoms with Crippen molar-refractivity contribution in [2.75, 3.05) is 0 Å². The van der Waals surface area contributed by atoms with Crippen LogP contribution in [0.1, 0.15) is 102 Å². The van der Waals surface area contributed by atoms with E-state index in [1.165, 1.54) is 0 Å². The maximum atomic E-state index is 15.3. The Kier molecular flexibility index (Phi) is 14.0. The smallest absolute Gasteiger partial charge is 0.306 e. The van der Waals surface area contributed by atoms with E-state index in [1.807, 2.05) is 0 Å². The Hall–Kier alpha value is -9.80. The summed E-state index contributed by atoms with van der Waals surface area (Å²) in [5.74, 6) is -2.04. The van der Waals surface area contributed by atoms with Gasteiger partial charge >= 0.3 is 49.4 Å². The molecule has 0 saturated carbocycles. The van der Waals surface area contributed by atoms with Gasteiger partial charge in [-0.15, -0.1) is 0 Å². The van der Waals surface area contributed by atoms with E-state index in [2.05, 4.69) is 0 Å². The molecular weight excluding hydrogens is 1320 g/mol. The summed E-state index contributed by atoms with van der Waals surface area (Å²) in [6.45, 7) is 0. The Labute approximate surface area is 515 Å². The number of hydrogen-bond donors (Lipinski definition) is 0. The highest BCUT2D eigenvalue weighted by Crippen LogP contribution is 2.55. The molecule has 0 radical (unpaired) electrons. The molecule has 29 heteroatoms. The van der Waals surface area contributed by atoms with Crippen LogP contribution in [0.25, 0.3) is 84.0 Å². The van der Waals surface area contributed by atoms with E-state index in [4.69, 9.17) is 0 Å². The molecule has 0 fully saturated rings. The van der Waals surface area contributed by atoms with E-state index in [0.29, 0.717) is 86.5 Å². The summed E-state index contributed by atoms with van der Waals surface area (Å²) in [7, 11) is 0. The minimum Gasteiger partial charge on any atom is -0.306 e. The monoisotopic (exact) mass is 1350 g/mol. The summed E-state index contributed by atoms with van der Waals surface area (Å²) in [6.07, 6.45) is -47.3. The molecule has 0 atom stereocenters. The number of aryl methyl sites for hydroxylation is 2. The zero-order valence-electron chi connectivity index (χ0n) is 47.0. The van der Waals surface area contributed by atoms with E-state index in [-0.39, 0.29) is 46.5 Å². The minimum absolute atomic E-state index is 0.253. The highest BCUT2D eigenvalue weighted by Gasteiger charge is 2.45. The Balaban J connectivity index is 1.36. The maximum absolute atomic E-state index is 15.3. The van der Waals surface area contributed by atoms with Gasteiger partial charge in [0.2, 0.25) is 0 Å². The lowest BCUT2D eigenvalue weighted by Crippen LogP contribution is -2.21. The first kappa shape index (κ1) is 63.9. The quantitative estimate of drug-likeness (QED) is 0.161. The van der Waals surface area contributed by atoms with Crippen LogP contribution in [0, 0.1) is 22.7 Å². The van der Waals surface area contributed by atoms with Crippen molar-refractivity contribution in [3.8, 4) is 40.3 Å². The van der Waals surface area contributed by atoms with Gasteiger partial charge in [0.1, 0.15) is 12.1 Å². The first-order valence-electron chi connectivity index (χ1n) is 27.8. The topological polar surface area (TPSA) is 62.4 Å². The van der Waals surface area contributed by atoms with Crippen molar-refractivity contribution < 1.29 is 105 Å². The van der Waals surface area contributed by atoms with Crippen molar-refractivity contribution in [3.05, 3.63) is 204 Å². The summed E-state index contributed by atoms with van der Waals surface area (Å²) in [4.78, 5) is 0. The molecule has 0 N–H and O–H groups in total. The van der Waals surface area contributed by atoms with Gasteiger partial charge in [0.05, 0.1) is 95.0 Å². The Morgan fingerprint density at radius 3 is 0.937 bits per heavy atom. The summed E-state index contributed by atoms with van der Waals surface area (Å²) in [6, 6.07) is 12.6. The first-order valence-corrected chi connectivity index (χ1v) is 27.8. The lowest BCUT2D eigenvalue weighted by Gasteiger charge is -2.29. The largest absolute Gasteiger partial charge is 0.416 e. The first-order chi connectivity index (χ1) is 44.1. The Morgan fingerprint density at radius 2 is 0.632 bits per heavy atom. The van der Waals surface area contributed by atoms with Crippen LogP contribution in [0.15, 0.2) is 120 Å². The summed E-state index contributed by atoms with van der Waals surface area (Å²) in [5, 5.41) is 22.3. The molecule has 0 spiro atoms. The molecule has 488 valence electrons. The number of hydrogen-bond acceptors (Lipinski definition) is 2. The molecule has 3 aliphatic rings. The third kappa shape index (κ3) is 10.4. The van der Waals surface area contributed by atoms with E-state index in [9.17, 15) is 36.9 Å². The van der Waals surface area contributed by atoms with Gasteiger partial charge in [-0.1, -0.05) is 36.4 Å². The van der Waals surface area contributed by atoms with Crippen LogP contribution in [0.2, 0.25) is 0 Å². The molecule has 10 aromatic rings. The Bertz CT molecular complexity index is 4810. The van der Waals surface area contributed by atoms with Gasteiger partial charge in [-0.05, 0) is 156 Å². The van der Waals surface area contributed by atoms with Crippen LogP contribution in [0.4, 0.5) is 105 Å². The molecule has 0 unspecified atom stereocenters. The van der Waals surface area contributed by atoms with Gasteiger partial charge < -0.3 is 13.7 Å². The van der Waals surface area contributed by atoms with Crippen LogP contribution >= 0.6 is 0 Å². The second-order valence-corrected chi connectivity index (χ2v) is 22.8. The van der Waals surface area contributed by atoms with E-state index in [0.717, 1.165) is 24.3 Å². The molecule has 3 heterocycles. The van der Waals surface area contributed by atoms with Crippen molar-refractivity contribution in [3.63, 3.8) is 0 Å². The SMILES string of the molecule is N#Cc1c(CC2c3cc(C(F)(F)F)ccc3-c3ccc(C(F)(F)F)cc32)c(C#N)c(-n2c3c(c4ccc(C(F)(F)F)cc42)CCC(C(F)(F)F)=C3)c(-n2c3cc(C(F)(F)F)ccc3c3ccc(C(F)(F)F)cc32)c1-n1c2c(c3ccc(C(F)(F)F)cc31)CCC(C(F)(F)F)=C2. The maximum Gasteiger partial charge on any atom is 0.416 e. The number of allylic oxidation sites excluding steroid dienone is 2. The van der Waals surface area contributed by atoms with Crippen molar-refractivity contribution in [2.24, 2.45) is 0 Å². The zero-order valence-corrected chi connectivity index (χ0v) is 47.0. The summed E-state index contributed by atoms with van der Waals surface area (Å²) in [5.41, 5.74) is -27.9. The molecule has 0 saturated heterocycles. The van der Waals surface area contributed by atoms with Crippen molar-refractivity contribution >= 4 is 55.8 Å². The van der Waals surface area contributed by atoms with Crippen LogP contribution in [0.5, 0.6) is 0 Å². The number of nitriles is 2. The third-order valence-corrected chi connectivity index (χ3v) is 17.6. The number of aromatic nitrogens is 3. The molecule has 0 amide bonds.